The molecule has 9 nitrogen and oxygen atoms in total. The van der Waals surface area contributed by atoms with Crippen LogP contribution in [0.2, 0.25) is 0 Å². The second kappa shape index (κ2) is 5.63. The molecule has 0 spiro atoms. The van der Waals surface area contributed by atoms with E-state index in [4.69, 9.17) is 10.5 Å². The highest BCUT2D eigenvalue weighted by molar-refractivity contribution is 7.98. The van der Waals surface area contributed by atoms with Crippen LogP contribution < -0.4 is 5.73 Å². The van der Waals surface area contributed by atoms with Gasteiger partial charge in [-0.3, -0.25) is 4.57 Å². The van der Waals surface area contributed by atoms with Crippen molar-refractivity contribution in [3.8, 4) is 0 Å². The summed E-state index contributed by atoms with van der Waals surface area (Å²) in [4.78, 5) is 12.2. The molecule has 1 aliphatic heterocycles. The minimum absolute atomic E-state index is 0.217. The largest absolute Gasteiger partial charge is 0.394 e. The van der Waals surface area contributed by atoms with Crippen molar-refractivity contribution < 1.29 is 20.1 Å². The molecule has 1 fully saturated rings. The van der Waals surface area contributed by atoms with Gasteiger partial charge in [0.1, 0.15) is 30.2 Å². The molecule has 10 heteroatoms. The van der Waals surface area contributed by atoms with E-state index in [1.54, 1.807) is 4.57 Å². The van der Waals surface area contributed by atoms with Gasteiger partial charge >= 0.3 is 0 Å². The molecule has 0 saturated carbocycles. The summed E-state index contributed by atoms with van der Waals surface area (Å²) >= 11 is 1.43. The fourth-order valence-corrected chi connectivity index (χ4v) is 3.53. The second-order valence-corrected chi connectivity index (χ2v) is 5.96. The first-order chi connectivity index (χ1) is 10.5. The molecule has 22 heavy (non-hydrogen) atoms. The Morgan fingerprint density at radius 2 is 2.18 bits per heavy atom. The molecule has 0 radical (unpaired) electrons. The Labute approximate surface area is 130 Å². The van der Waals surface area contributed by atoms with Gasteiger partial charge in [0.15, 0.2) is 17.2 Å². The SMILES string of the molecule is CSC[C@@]1(n2cnc3c(N)ncnc32)O[C@H](CO)[C@@H](O)[C@H]1O. The van der Waals surface area contributed by atoms with Crippen molar-refractivity contribution in [2.45, 2.75) is 24.0 Å². The highest BCUT2D eigenvalue weighted by Gasteiger charge is 2.55. The Morgan fingerprint density at radius 3 is 2.82 bits per heavy atom. The summed E-state index contributed by atoms with van der Waals surface area (Å²) in [5, 5.41) is 30.0. The Morgan fingerprint density at radius 1 is 1.41 bits per heavy atom. The Hall–Kier alpha value is -1.46. The van der Waals surface area contributed by atoms with Gasteiger partial charge in [0, 0.05) is 5.75 Å². The highest BCUT2D eigenvalue weighted by Crippen LogP contribution is 2.39. The molecular formula is C12H17N5O4S. The van der Waals surface area contributed by atoms with Crippen LogP contribution in [-0.2, 0) is 10.5 Å². The van der Waals surface area contributed by atoms with Crippen LogP contribution in [0.15, 0.2) is 12.7 Å². The van der Waals surface area contributed by atoms with E-state index in [9.17, 15) is 15.3 Å². The molecule has 5 N–H and O–H groups in total. The van der Waals surface area contributed by atoms with Gasteiger partial charge in [-0.25, -0.2) is 15.0 Å². The summed E-state index contributed by atoms with van der Waals surface area (Å²) < 4.78 is 7.35. The quantitative estimate of drug-likeness (QED) is 0.530. The lowest BCUT2D eigenvalue weighted by Gasteiger charge is -2.33. The Kier molecular flexibility index (Phi) is 3.95. The van der Waals surface area contributed by atoms with Crippen LogP contribution in [0.25, 0.3) is 11.2 Å². The zero-order chi connectivity index (χ0) is 15.9. The molecule has 2 aromatic rings. The standard InChI is InChI=1S/C12H17N5O4S/c1-22-3-12(9(20)8(19)6(2-18)21-12)17-5-16-7-10(13)14-4-15-11(7)17/h4-6,8-9,18-20H,2-3H2,1H3,(H2,13,14,15)/t6-,8-,9-,12-/m1/s1. The number of fused-ring (bicyclic) bond motifs is 1. The Bertz CT molecular complexity index is 683. The van der Waals surface area contributed by atoms with Gasteiger partial charge in [-0.15, -0.1) is 0 Å². The molecule has 0 amide bonds. The average Bonchev–Trinajstić information content (AvgIpc) is 3.04. The van der Waals surface area contributed by atoms with Gasteiger partial charge in [-0.05, 0) is 6.26 Å². The van der Waals surface area contributed by atoms with E-state index in [1.165, 1.54) is 24.4 Å². The molecule has 0 bridgehead atoms. The first-order valence-corrected chi connectivity index (χ1v) is 8.02. The van der Waals surface area contributed by atoms with Crippen molar-refractivity contribution in [2.75, 3.05) is 24.3 Å². The smallest absolute Gasteiger partial charge is 0.185 e. The lowest BCUT2D eigenvalue weighted by atomic mass is 10.0. The van der Waals surface area contributed by atoms with Crippen molar-refractivity contribution in [2.24, 2.45) is 0 Å². The molecular weight excluding hydrogens is 310 g/mol. The normalized spacial score (nSPS) is 31.9. The second-order valence-electron chi connectivity index (χ2n) is 5.10. The van der Waals surface area contributed by atoms with E-state index in [-0.39, 0.29) is 5.82 Å². The van der Waals surface area contributed by atoms with Gasteiger partial charge in [-0.2, -0.15) is 11.8 Å². The number of aromatic nitrogens is 4. The number of nitrogen functional groups attached to an aromatic ring is 1. The minimum atomic E-state index is -1.29. The highest BCUT2D eigenvalue weighted by atomic mass is 32.2. The molecule has 4 atom stereocenters. The molecule has 2 aromatic heterocycles. The zero-order valence-electron chi connectivity index (χ0n) is 11.8. The number of rotatable bonds is 4. The third kappa shape index (κ3) is 2.07. The van der Waals surface area contributed by atoms with Gasteiger partial charge in [0.25, 0.3) is 0 Å². The predicted molar refractivity (Wildman–Crippen MR) is 80.1 cm³/mol. The van der Waals surface area contributed by atoms with Crippen LogP contribution in [0.1, 0.15) is 0 Å². The number of aliphatic hydroxyl groups is 3. The lowest BCUT2D eigenvalue weighted by molar-refractivity contribution is -0.128. The number of imidazole rings is 1. The van der Waals surface area contributed by atoms with Crippen LogP contribution in [0.3, 0.4) is 0 Å². The summed E-state index contributed by atoms with van der Waals surface area (Å²) in [5.74, 6) is 0.548. The monoisotopic (exact) mass is 327 g/mol. The molecule has 1 saturated heterocycles. The first kappa shape index (κ1) is 15.4. The third-order valence-corrected chi connectivity index (χ3v) is 4.52. The van der Waals surface area contributed by atoms with Gasteiger partial charge in [-0.1, -0.05) is 0 Å². The minimum Gasteiger partial charge on any atom is -0.394 e. The summed E-state index contributed by atoms with van der Waals surface area (Å²) in [6.45, 7) is -0.405. The summed E-state index contributed by atoms with van der Waals surface area (Å²) in [6.07, 6.45) is 1.24. The van der Waals surface area contributed by atoms with Crippen LogP contribution >= 0.6 is 11.8 Å². The van der Waals surface area contributed by atoms with E-state index >= 15 is 0 Å². The molecule has 120 valence electrons. The predicted octanol–water partition coefficient (Wildman–Crippen LogP) is -1.46. The maximum atomic E-state index is 10.5. The molecule has 3 rings (SSSR count). The molecule has 3 heterocycles. The summed E-state index contributed by atoms with van der Waals surface area (Å²) in [7, 11) is 0. The number of nitrogens with zero attached hydrogens (tertiary/aromatic N) is 4. The van der Waals surface area contributed by atoms with Gasteiger partial charge < -0.3 is 25.8 Å². The van der Waals surface area contributed by atoms with Crippen LogP contribution in [-0.4, -0.2) is 71.8 Å². The summed E-state index contributed by atoms with van der Waals surface area (Å²) in [5.41, 5.74) is 5.27. The van der Waals surface area contributed by atoms with Gasteiger partial charge in [0.05, 0.1) is 12.9 Å². The average molecular weight is 327 g/mol. The van der Waals surface area contributed by atoms with E-state index < -0.39 is 30.6 Å². The fraction of sp³-hybridized carbons (Fsp3) is 0.583. The molecule has 0 aliphatic carbocycles. The maximum absolute atomic E-state index is 10.5. The maximum Gasteiger partial charge on any atom is 0.185 e. The number of hydrogen-bond acceptors (Lipinski definition) is 9. The topological polar surface area (TPSA) is 140 Å². The van der Waals surface area contributed by atoms with Crippen molar-refractivity contribution in [3.05, 3.63) is 12.7 Å². The number of anilines is 1. The Balaban J connectivity index is 2.17. The van der Waals surface area contributed by atoms with Crippen molar-refractivity contribution in [1.82, 2.24) is 19.5 Å². The molecule has 1 aliphatic rings. The number of nitrogens with two attached hydrogens (primary N) is 1. The number of aliphatic hydroxyl groups excluding tert-OH is 3. The number of thioether (sulfide) groups is 1. The van der Waals surface area contributed by atoms with Crippen LogP contribution in [0.5, 0.6) is 0 Å². The van der Waals surface area contributed by atoms with Crippen molar-refractivity contribution in [1.29, 1.82) is 0 Å². The van der Waals surface area contributed by atoms with E-state index in [0.29, 0.717) is 16.9 Å². The number of hydrogen-bond donors (Lipinski definition) is 4. The first-order valence-electron chi connectivity index (χ1n) is 6.63. The van der Waals surface area contributed by atoms with E-state index in [2.05, 4.69) is 15.0 Å². The van der Waals surface area contributed by atoms with Crippen molar-refractivity contribution in [3.63, 3.8) is 0 Å². The van der Waals surface area contributed by atoms with E-state index in [0.717, 1.165) is 0 Å². The summed E-state index contributed by atoms with van der Waals surface area (Å²) in [6, 6.07) is 0. The van der Waals surface area contributed by atoms with Crippen LogP contribution in [0, 0.1) is 0 Å². The van der Waals surface area contributed by atoms with E-state index in [1.807, 2.05) is 6.26 Å². The molecule has 0 aromatic carbocycles. The zero-order valence-corrected chi connectivity index (χ0v) is 12.6. The lowest BCUT2D eigenvalue weighted by Crippen LogP contribution is -2.47. The fourth-order valence-electron chi connectivity index (χ4n) is 2.74. The van der Waals surface area contributed by atoms with Crippen molar-refractivity contribution >= 4 is 28.7 Å². The number of ether oxygens (including phenoxy) is 1. The third-order valence-electron chi connectivity index (χ3n) is 3.82. The van der Waals surface area contributed by atoms with Crippen LogP contribution in [0.4, 0.5) is 5.82 Å². The van der Waals surface area contributed by atoms with Gasteiger partial charge in [0.2, 0.25) is 0 Å². The molecule has 0 unspecified atom stereocenters.